The number of aryl methyl sites for hydroxylation is 2. The van der Waals surface area contributed by atoms with E-state index in [2.05, 4.69) is 20.3 Å². The molecule has 0 aromatic carbocycles. The minimum Gasteiger partial charge on any atom is -0.349 e. The van der Waals surface area contributed by atoms with Gasteiger partial charge in [-0.1, -0.05) is 6.07 Å². The van der Waals surface area contributed by atoms with Crippen molar-refractivity contribution in [3.63, 3.8) is 0 Å². The van der Waals surface area contributed by atoms with Gasteiger partial charge in [-0.25, -0.2) is 9.97 Å². The van der Waals surface area contributed by atoms with Gasteiger partial charge in [-0.05, 0) is 32.0 Å². The van der Waals surface area contributed by atoms with E-state index < -0.39 is 0 Å². The Morgan fingerprint density at radius 2 is 1.88 bits per heavy atom. The summed E-state index contributed by atoms with van der Waals surface area (Å²) in [5, 5.41) is 3.16. The van der Waals surface area contributed by atoms with Gasteiger partial charge in [-0.3, -0.25) is 4.98 Å². The molecule has 2 aromatic rings. The van der Waals surface area contributed by atoms with E-state index in [1.165, 1.54) is 0 Å². The van der Waals surface area contributed by atoms with Gasteiger partial charge in [0.15, 0.2) is 0 Å². The van der Waals surface area contributed by atoms with E-state index in [1.807, 2.05) is 38.1 Å². The summed E-state index contributed by atoms with van der Waals surface area (Å²) >= 11 is 0. The van der Waals surface area contributed by atoms with Gasteiger partial charge < -0.3 is 5.32 Å². The highest BCUT2D eigenvalue weighted by Crippen LogP contribution is 2.05. The molecule has 82 valence electrons. The minimum atomic E-state index is 0.643. The number of nitrogens with zero attached hydrogens (tertiary/aromatic N) is 3. The highest BCUT2D eigenvalue weighted by molar-refractivity contribution is 5.28. The Labute approximate surface area is 94.8 Å². The molecule has 0 aliphatic carbocycles. The Hall–Kier alpha value is -1.97. The minimum absolute atomic E-state index is 0.643. The molecule has 0 bridgehead atoms. The predicted molar refractivity (Wildman–Crippen MR) is 63.1 cm³/mol. The molecule has 0 spiro atoms. The lowest BCUT2D eigenvalue weighted by Crippen LogP contribution is -2.06. The normalized spacial score (nSPS) is 10.1. The summed E-state index contributed by atoms with van der Waals surface area (Å²) in [6, 6.07) is 7.78. The van der Waals surface area contributed by atoms with Crippen LogP contribution < -0.4 is 5.32 Å². The fourth-order valence-corrected chi connectivity index (χ4v) is 1.48. The first kappa shape index (κ1) is 10.5. The second-order valence-electron chi connectivity index (χ2n) is 3.65. The first-order chi connectivity index (χ1) is 7.74. The molecular weight excluding hydrogens is 200 g/mol. The van der Waals surface area contributed by atoms with Gasteiger partial charge in [0.25, 0.3) is 0 Å². The molecule has 0 radical (unpaired) electrons. The standard InChI is InChI=1S/C12H14N4/c1-9-7-10(2)16-12(15-9)14-8-11-5-3-4-6-13-11/h3-7H,8H2,1-2H3,(H,14,15,16). The SMILES string of the molecule is Cc1cc(C)nc(NCc2ccccn2)n1. The van der Waals surface area contributed by atoms with Crippen LogP contribution in [0.4, 0.5) is 5.95 Å². The number of hydrogen-bond donors (Lipinski definition) is 1. The smallest absolute Gasteiger partial charge is 0.223 e. The zero-order valence-corrected chi connectivity index (χ0v) is 9.44. The molecule has 0 unspecified atom stereocenters. The number of aromatic nitrogens is 3. The van der Waals surface area contributed by atoms with Crippen LogP contribution in [0.15, 0.2) is 30.5 Å². The molecule has 16 heavy (non-hydrogen) atoms. The number of hydrogen-bond acceptors (Lipinski definition) is 4. The van der Waals surface area contributed by atoms with Crippen LogP contribution in [0.25, 0.3) is 0 Å². The molecule has 0 aliphatic heterocycles. The van der Waals surface area contributed by atoms with Crippen molar-refractivity contribution in [3.8, 4) is 0 Å². The third kappa shape index (κ3) is 2.76. The van der Waals surface area contributed by atoms with Crippen LogP contribution in [0.1, 0.15) is 17.1 Å². The third-order valence-corrected chi connectivity index (χ3v) is 2.14. The maximum Gasteiger partial charge on any atom is 0.223 e. The lowest BCUT2D eigenvalue weighted by atomic mass is 10.3. The average molecular weight is 214 g/mol. The molecule has 0 atom stereocenters. The van der Waals surface area contributed by atoms with Crippen molar-refractivity contribution in [1.82, 2.24) is 15.0 Å². The Morgan fingerprint density at radius 1 is 1.12 bits per heavy atom. The van der Waals surface area contributed by atoms with E-state index in [0.717, 1.165) is 17.1 Å². The highest BCUT2D eigenvalue weighted by Gasteiger charge is 1.99. The quantitative estimate of drug-likeness (QED) is 0.850. The van der Waals surface area contributed by atoms with Gasteiger partial charge in [0.05, 0.1) is 12.2 Å². The van der Waals surface area contributed by atoms with Gasteiger partial charge in [-0.2, -0.15) is 0 Å². The van der Waals surface area contributed by atoms with Crippen LogP contribution in [-0.2, 0) is 6.54 Å². The zero-order valence-electron chi connectivity index (χ0n) is 9.44. The van der Waals surface area contributed by atoms with Gasteiger partial charge in [-0.15, -0.1) is 0 Å². The monoisotopic (exact) mass is 214 g/mol. The first-order valence-electron chi connectivity index (χ1n) is 5.20. The second kappa shape index (κ2) is 4.70. The Kier molecular flexibility index (Phi) is 3.10. The van der Waals surface area contributed by atoms with Crippen LogP contribution in [0.3, 0.4) is 0 Å². The molecule has 0 saturated carbocycles. The fraction of sp³-hybridized carbons (Fsp3) is 0.250. The summed E-state index contributed by atoms with van der Waals surface area (Å²) in [6.45, 7) is 4.56. The Bertz CT molecular complexity index is 447. The number of pyridine rings is 1. The molecule has 0 saturated heterocycles. The lowest BCUT2D eigenvalue weighted by molar-refractivity contribution is 0.974. The van der Waals surface area contributed by atoms with Crippen molar-refractivity contribution in [2.24, 2.45) is 0 Å². The van der Waals surface area contributed by atoms with Crippen molar-refractivity contribution in [2.45, 2.75) is 20.4 Å². The maximum absolute atomic E-state index is 4.30. The van der Waals surface area contributed by atoms with E-state index in [-0.39, 0.29) is 0 Å². The van der Waals surface area contributed by atoms with Crippen LogP contribution in [-0.4, -0.2) is 15.0 Å². The van der Waals surface area contributed by atoms with Crippen molar-refractivity contribution in [2.75, 3.05) is 5.32 Å². The number of anilines is 1. The summed E-state index contributed by atoms with van der Waals surface area (Å²) in [4.78, 5) is 12.8. The highest BCUT2D eigenvalue weighted by atomic mass is 15.1. The average Bonchev–Trinajstić information content (AvgIpc) is 2.27. The predicted octanol–water partition coefficient (Wildman–Crippen LogP) is 2.10. The van der Waals surface area contributed by atoms with E-state index >= 15 is 0 Å². The summed E-state index contributed by atoms with van der Waals surface area (Å²) in [6.07, 6.45) is 1.78. The van der Waals surface area contributed by atoms with Crippen molar-refractivity contribution in [3.05, 3.63) is 47.5 Å². The van der Waals surface area contributed by atoms with Crippen LogP contribution in [0.2, 0.25) is 0 Å². The van der Waals surface area contributed by atoms with E-state index in [9.17, 15) is 0 Å². The largest absolute Gasteiger partial charge is 0.349 e. The molecule has 1 N–H and O–H groups in total. The second-order valence-corrected chi connectivity index (χ2v) is 3.65. The zero-order chi connectivity index (χ0) is 11.4. The van der Waals surface area contributed by atoms with Gasteiger partial charge in [0.2, 0.25) is 5.95 Å². The molecule has 0 aliphatic rings. The van der Waals surface area contributed by atoms with E-state index in [0.29, 0.717) is 12.5 Å². The maximum atomic E-state index is 4.30. The molecular formula is C12H14N4. The van der Waals surface area contributed by atoms with Gasteiger partial charge in [0, 0.05) is 17.6 Å². The van der Waals surface area contributed by atoms with Crippen LogP contribution in [0, 0.1) is 13.8 Å². The van der Waals surface area contributed by atoms with Gasteiger partial charge >= 0.3 is 0 Å². The number of rotatable bonds is 3. The van der Waals surface area contributed by atoms with Crippen molar-refractivity contribution >= 4 is 5.95 Å². The molecule has 0 amide bonds. The Morgan fingerprint density at radius 3 is 2.50 bits per heavy atom. The Balaban J connectivity index is 2.05. The van der Waals surface area contributed by atoms with Crippen molar-refractivity contribution in [1.29, 1.82) is 0 Å². The summed E-state index contributed by atoms with van der Waals surface area (Å²) in [5.41, 5.74) is 2.91. The summed E-state index contributed by atoms with van der Waals surface area (Å²) in [5.74, 6) is 0.656. The third-order valence-electron chi connectivity index (χ3n) is 2.14. The van der Waals surface area contributed by atoms with E-state index in [1.54, 1.807) is 6.20 Å². The van der Waals surface area contributed by atoms with E-state index in [4.69, 9.17) is 0 Å². The topological polar surface area (TPSA) is 50.7 Å². The van der Waals surface area contributed by atoms with Gasteiger partial charge in [0.1, 0.15) is 0 Å². The molecule has 2 aromatic heterocycles. The number of nitrogens with one attached hydrogen (secondary N) is 1. The molecule has 2 rings (SSSR count). The fourth-order valence-electron chi connectivity index (χ4n) is 1.48. The molecule has 2 heterocycles. The van der Waals surface area contributed by atoms with Crippen LogP contribution in [0.5, 0.6) is 0 Å². The first-order valence-corrected chi connectivity index (χ1v) is 5.20. The summed E-state index contributed by atoms with van der Waals surface area (Å²) in [7, 11) is 0. The molecule has 0 fully saturated rings. The van der Waals surface area contributed by atoms with Crippen molar-refractivity contribution < 1.29 is 0 Å². The lowest BCUT2D eigenvalue weighted by Gasteiger charge is -2.05. The van der Waals surface area contributed by atoms with Crippen LogP contribution >= 0.6 is 0 Å². The molecule has 4 heteroatoms. The molecule has 4 nitrogen and oxygen atoms in total. The summed E-state index contributed by atoms with van der Waals surface area (Å²) < 4.78 is 0.